The van der Waals surface area contributed by atoms with Crippen molar-refractivity contribution >= 4 is 23.4 Å². The van der Waals surface area contributed by atoms with Crippen LogP contribution in [0.2, 0.25) is 0 Å². The molecule has 0 bridgehead atoms. The lowest BCUT2D eigenvalue weighted by atomic mass is 9.89. The molecule has 5 nitrogen and oxygen atoms in total. The molecule has 35 heavy (non-hydrogen) atoms. The van der Waals surface area contributed by atoms with Gasteiger partial charge in [-0.05, 0) is 85.9 Å². The van der Waals surface area contributed by atoms with Crippen LogP contribution in [0.3, 0.4) is 0 Å². The summed E-state index contributed by atoms with van der Waals surface area (Å²) < 4.78 is 37.5. The summed E-state index contributed by atoms with van der Waals surface area (Å²) in [6.07, 6.45) is 1.38. The number of aliphatic hydroxyl groups excluding tert-OH is 1. The summed E-state index contributed by atoms with van der Waals surface area (Å²) in [7, 11) is 0. The van der Waals surface area contributed by atoms with Crippen molar-refractivity contribution in [3.05, 3.63) is 83.9 Å². The van der Waals surface area contributed by atoms with Gasteiger partial charge in [-0.2, -0.15) is 0 Å². The first-order valence-corrected chi connectivity index (χ1v) is 11.5. The number of aliphatic hydroxyl groups is 1. The van der Waals surface area contributed by atoms with Gasteiger partial charge in [0.1, 0.15) is 35.8 Å². The lowest BCUT2D eigenvalue weighted by Gasteiger charge is -2.33. The molecule has 0 saturated carbocycles. The minimum Gasteiger partial charge on any atom is -0.491 e. The molecule has 1 aromatic heterocycles. The molecule has 5 rings (SSSR count). The predicted molar refractivity (Wildman–Crippen MR) is 133 cm³/mol. The van der Waals surface area contributed by atoms with Gasteiger partial charge in [0.2, 0.25) is 0 Å². The van der Waals surface area contributed by atoms with Crippen LogP contribution in [-0.2, 0) is 0 Å². The number of likely N-dealkylation sites (tertiary alicyclic amines) is 1. The van der Waals surface area contributed by atoms with Crippen LogP contribution in [0.1, 0.15) is 24.3 Å². The Morgan fingerprint density at radius 2 is 1.66 bits per heavy atom. The molecule has 1 atom stereocenters. The van der Waals surface area contributed by atoms with Crippen molar-refractivity contribution in [1.82, 2.24) is 10.1 Å². The fourth-order valence-corrected chi connectivity index (χ4v) is 4.56. The molecule has 4 aromatic rings. The molecule has 0 spiro atoms. The van der Waals surface area contributed by atoms with Crippen LogP contribution in [0.4, 0.5) is 8.78 Å². The Morgan fingerprint density at radius 1 is 0.971 bits per heavy atom. The van der Waals surface area contributed by atoms with Gasteiger partial charge in [0, 0.05) is 23.6 Å². The van der Waals surface area contributed by atoms with Gasteiger partial charge in [-0.25, -0.2) is 8.78 Å². The van der Waals surface area contributed by atoms with Crippen molar-refractivity contribution in [2.24, 2.45) is 0 Å². The van der Waals surface area contributed by atoms with E-state index >= 15 is 0 Å². The molecule has 0 radical (unpaired) electrons. The zero-order valence-electron chi connectivity index (χ0n) is 19.1. The highest BCUT2D eigenvalue weighted by molar-refractivity contribution is 5.91. The maximum absolute atomic E-state index is 13.4. The molecule has 1 N–H and O–H groups in total. The fraction of sp³-hybridized carbons (Fsp3) is 0.296. The average molecular weight is 501 g/mol. The number of benzene rings is 3. The van der Waals surface area contributed by atoms with E-state index in [1.807, 2.05) is 36.4 Å². The molecular formula is C27H27ClF2N2O3. The van der Waals surface area contributed by atoms with E-state index in [4.69, 9.17) is 9.26 Å². The number of ether oxygens (including phenoxy) is 1. The standard InChI is InChI=1S/C27H26F2N2O3.ClH/c28-21-5-1-18(2-6-21)19-11-13-31(14-12-19)16-23(32)17-33-24-8-3-20(4-9-24)27-25-10-7-22(29)15-26(25)34-30-27;/h1-10,15,19,23,32H,11-14,16-17H2;1H. The molecule has 0 amide bonds. The third-order valence-corrected chi connectivity index (χ3v) is 6.40. The minimum atomic E-state index is -0.601. The fourth-order valence-electron chi connectivity index (χ4n) is 4.56. The highest BCUT2D eigenvalue weighted by Gasteiger charge is 2.22. The second kappa shape index (κ2) is 11.2. The molecule has 1 saturated heterocycles. The second-order valence-corrected chi connectivity index (χ2v) is 8.79. The van der Waals surface area contributed by atoms with Crippen molar-refractivity contribution in [3.8, 4) is 17.0 Å². The molecule has 184 valence electrons. The molecule has 1 unspecified atom stereocenters. The second-order valence-electron chi connectivity index (χ2n) is 8.79. The maximum atomic E-state index is 13.4. The van der Waals surface area contributed by atoms with Crippen LogP contribution in [-0.4, -0.2) is 47.5 Å². The zero-order chi connectivity index (χ0) is 23.5. The summed E-state index contributed by atoms with van der Waals surface area (Å²) in [5.74, 6) is 0.512. The van der Waals surface area contributed by atoms with E-state index in [0.29, 0.717) is 29.5 Å². The van der Waals surface area contributed by atoms with Crippen LogP contribution < -0.4 is 4.74 Å². The van der Waals surface area contributed by atoms with Crippen LogP contribution in [0, 0.1) is 11.6 Å². The van der Waals surface area contributed by atoms with Gasteiger partial charge in [-0.1, -0.05) is 17.3 Å². The monoisotopic (exact) mass is 500 g/mol. The summed E-state index contributed by atoms with van der Waals surface area (Å²) in [6, 6.07) is 18.5. The topological polar surface area (TPSA) is 58.7 Å². The SMILES string of the molecule is Cl.OC(COc1ccc(-c2noc3cc(F)ccc23)cc1)CN1CCC(c2ccc(F)cc2)CC1. The zero-order valence-corrected chi connectivity index (χ0v) is 19.9. The third-order valence-electron chi connectivity index (χ3n) is 6.40. The Labute approximate surface area is 208 Å². The summed E-state index contributed by atoms with van der Waals surface area (Å²) in [5, 5.41) is 15.3. The Bertz CT molecular complexity index is 1240. The Morgan fingerprint density at radius 3 is 2.37 bits per heavy atom. The van der Waals surface area contributed by atoms with Crippen LogP contribution >= 0.6 is 12.4 Å². The lowest BCUT2D eigenvalue weighted by Crippen LogP contribution is -2.40. The highest BCUT2D eigenvalue weighted by Crippen LogP contribution is 2.30. The van der Waals surface area contributed by atoms with Crippen LogP contribution in [0.15, 0.2) is 71.3 Å². The Hall–Kier alpha value is -3.00. The quantitative estimate of drug-likeness (QED) is 0.347. The Kier molecular flexibility index (Phi) is 8.00. The molecule has 3 aromatic carbocycles. The van der Waals surface area contributed by atoms with Crippen molar-refractivity contribution in [2.75, 3.05) is 26.2 Å². The van der Waals surface area contributed by atoms with E-state index in [1.165, 1.54) is 29.8 Å². The molecular weight excluding hydrogens is 474 g/mol. The van der Waals surface area contributed by atoms with E-state index < -0.39 is 6.10 Å². The first kappa shape index (κ1) is 25.1. The number of hydrogen-bond donors (Lipinski definition) is 1. The van der Waals surface area contributed by atoms with Crippen molar-refractivity contribution in [3.63, 3.8) is 0 Å². The van der Waals surface area contributed by atoms with Crippen molar-refractivity contribution in [2.45, 2.75) is 24.9 Å². The van der Waals surface area contributed by atoms with Gasteiger partial charge in [0.25, 0.3) is 0 Å². The molecule has 0 aliphatic carbocycles. The summed E-state index contributed by atoms with van der Waals surface area (Å²) in [4.78, 5) is 2.25. The number of aromatic nitrogens is 1. The van der Waals surface area contributed by atoms with Gasteiger partial charge in [0.15, 0.2) is 5.58 Å². The van der Waals surface area contributed by atoms with Gasteiger partial charge in [-0.3, -0.25) is 0 Å². The molecule has 1 aliphatic rings. The van der Waals surface area contributed by atoms with E-state index in [-0.39, 0.29) is 30.6 Å². The number of fused-ring (bicyclic) bond motifs is 1. The number of rotatable bonds is 7. The van der Waals surface area contributed by atoms with Crippen molar-refractivity contribution < 1.29 is 23.1 Å². The van der Waals surface area contributed by atoms with E-state index in [1.54, 1.807) is 6.07 Å². The number of halogens is 3. The first-order chi connectivity index (χ1) is 16.5. The molecule has 1 fully saturated rings. The van der Waals surface area contributed by atoms with Crippen LogP contribution in [0.25, 0.3) is 22.2 Å². The van der Waals surface area contributed by atoms with Gasteiger partial charge >= 0.3 is 0 Å². The van der Waals surface area contributed by atoms with E-state index in [9.17, 15) is 13.9 Å². The summed E-state index contributed by atoms with van der Waals surface area (Å²) in [6.45, 7) is 2.53. The van der Waals surface area contributed by atoms with Gasteiger partial charge < -0.3 is 19.3 Å². The number of β-amino-alcohol motifs (C(OH)–C–C–N with tert-alkyl or cyclic N) is 1. The van der Waals surface area contributed by atoms with Gasteiger partial charge in [0.05, 0.1) is 0 Å². The van der Waals surface area contributed by atoms with Crippen molar-refractivity contribution in [1.29, 1.82) is 0 Å². The Balaban J connectivity index is 0.00000289. The smallest absolute Gasteiger partial charge is 0.170 e. The molecule has 1 aliphatic heterocycles. The highest BCUT2D eigenvalue weighted by atomic mass is 35.5. The van der Waals surface area contributed by atoms with E-state index in [0.717, 1.165) is 36.9 Å². The van der Waals surface area contributed by atoms with Gasteiger partial charge in [-0.15, -0.1) is 12.4 Å². The molecule has 2 heterocycles. The number of hydrogen-bond acceptors (Lipinski definition) is 5. The summed E-state index contributed by atoms with van der Waals surface area (Å²) >= 11 is 0. The third kappa shape index (κ3) is 5.99. The number of nitrogens with zero attached hydrogens (tertiary/aromatic N) is 2. The predicted octanol–water partition coefficient (Wildman–Crippen LogP) is 5.81. The largest absolute Gasteiger partial charge is 0.491 e. The summed E-state index contributed by atoms with van der Waals surface area (Å²) in [5.41, 5.74) is 3.06. The van der Waals surface area contributed by atoms with E-state index in [2.05, 4.69) is 10.1 Å². The maximum Gasteiger partial charge on any atom is 0.170 e. The lowest BCUT2D eigenvalue weighted by molar-refractivity contribution is 0.0594. The number of piperidine rings is 1. The first-order valence-electron chi connectivity index (χ1n) is 11.5. The minimum absolute atomic E-state index is 0. The molecule has 8 heteroatoms. The normalized spacial score (nSPS) is 15.6. The average Bonchev–Trinajstić information content (AvgIpc) is 3.27. The van der Waals surface area contributed by atoms with Crippen LogP contribution in [0.5, 0.6) is 5.75 Å².